The Hall–Kier alpha value is -1.26. The molecule has 0 aliphatic heterocycles. The van der Waals surface area contributed by atoms with Crippen LogP contribution in [0.3, 0.4) is 0 Å². The van der Waals surface area contributed by atoms with Crippen molar-refractivity contribution < 1.29 is 14.3 Å². The molecule has 5 nitrogen and oxygen atoms in total. The molecular formula is C10H20N2O3. The van der Waals surface area contributed by atoms with Gasteiger partial charge in [-0.15, -0.1) is 0 Å². The van der Waals surface area contributed by atoms with E-state index in [1.165, 1.54) is 12.0 Å². The number of rotatable bonds is 5. The molecule has 5 heteroatoms. The molecule has 0 radical (unpaired) electrons. The predicted octanol–water partition coefficient (Wildman–Crippen LogP) is 0.943. The van der Waals surface area contributed by atoms with Crippen LogP contribution in [0.1, 0.15) is 20.3 Å². The topological polar surface area (TPSA) is 49.9 Å². The highest BCUT2D eigenvalue weighted by molar-refractivity contribution is 5.75. The minimum absolute atomic E-state index is 0.0519. The number of hydrogen-bond donors (Lipinski definition) is 0. The standard InChI is InChI=1S/C10H20N2O3/c1-5-12(6-2)10(14)11(3)8-7-9(13)15-4/h5-8H2,1-4H3. The van der Waals surface area contributed by atoms with Gasteiger partial charge in [-0.25, -0.2) is 4.79 Å². The first-order valence-corrected chi connectivity index (χ1v) is 5.13. The molecule has 15 heavy (non-hydrogen) atoms. The summed E-state index contributed by atoms with van der Waals surface area (Å²) in [6.45, 7) is 5.60. The Bertz CT molecular complexity index is 215. The maximum Gasteiger partial charge on any atom is 0.319 e. The second-order valence-electron chi connectivity index (χ2n) is 3.20. The van der Waals surface area contributed by atoms with Gasteiger partial charge in [0.15, 0.2) is 0 Å². The Balaban J connectivity index is 4.03. The zero-order chi connectivity index (χ0) is 11.8. The van der Waals surface area contributed by atoms with E-state index in [-0.39, 0.29) is 18.4 Å². The maximum atomic E-state index is 11.7. The lowest BCUT2D eigenvalue weighted by atomic mass is 10.4. The second-order valence-corrected chi connectivity index (χ2v) is 3.20. The molecule has 0 spiro atoms. The molecule has 0 fully saturated rings. The zero-order valence-electron chi connectivity index (χ0n) is 9.95. The van der Waals surface area contributed by atoms with Gasteiger partial charge in [0.25, 0.3) is 0 Å². The van der Waals surface area contributed by atoms with Crippen molar-refractivity contribution in [2.45, 2.75) is 20.3 Å². The molecule has 0 bridgehead atoms. The first-order chi connectivity index (χ1) is 7.06. The van der Waals surface area contributed by atoms with Gasteiger partial charge >= 0.3 is 12.0 Å². The van der Waals surface area contributed by atoms with Gasteiger partial charge in [-0.3, -0.25) is 4.79 Å². The summed E-state index contributed by atoms with van der Waals surface area (Å²) in [5.74, 6) is -0.297. The van der Waals surface area contributed by atoms with Crippen molar-refractivity contribution in [2.75, 3.05) is 33.8 Å². The van der Waals surface area contributed by atoms with Gasteiger partial charge in [0.2, 0.25) is 0 Å². The molecule has 0 aliphatic carbocycles. The predicted molar refractivity (Wildman–Crippen MR) is 57.6 cm³/mol. The number of ether oxygens (including phenoxy) is 1. The van der Waals surface area contributed by atoms with Crippen molar-refractivity contribution in [1.82, 2.24) is 9.80 Å². The van der Waals surface area contributed by atoms with Gasteiger partial charge in [-0.2, -0.15) is 0 Å². The Morgan fingerprint density at radius 2 is 1.73 bits per heavy atom. The van der Waals surface area contributed by atoms with Crippen LogP contribution in [0.15, 0.2) is 0 Å². The van der Waals surface area contributed by atoms with E-state index in [0.29, 0.717) is 19.6 Å². The van der Waals surface area contributed by atoms with E-state index in [0.717, 1.165) is 0 Å². The van der Waals surface area contributed by atoms with E-state index in [2.05, 4.69) is 4.74 Å². The molecule has 0 aromatic rings. The van der Waals surface area contributed by atoms with E-state index < -0.39 is 0 Å². The van der Waals surface area contributed by atoms with Crippen molar-refractivity contribution in [2.24, 2.45) is 0 Å². The van der Waals surface area contributed by atoms with Gasteiger partial charge in [0.1, 0.15) is 0 Å². The lowest BCUT2D eigenvalue weighted by Gasteiger charge is -2.25. The van der Waals surface area contributed by atoms with Gasteiger partial charge in [-0.05, 0) is 13.8 Å². The second kappa shape index (κ2) is 7.09. The summed E-state index contributed by atoms with van der Waals surface area (Å²) in [6.07, 6.45) is 0.236. The number of nitrogens with zero attached hydrogens (tertiary/aromatic N) is 2. The first-order valence-electron chi connectivity index (χ1n) is 5.13. The molecule has 0 saturated carbocycles. The molecule has 0 aromatic carbocycles. The van der Waals surface area contributed by atoms with E-state index in [9.17, 15) is 9.59 Å². The Kier molecular flexibility index (Phi) is 6.49. The SMILES string of the molecule is CCN(CC)C(=O)N(C)CCC(=O)OC. The van der Waals surface area contributed by atoms with Gasteiger partial charge in [0.05, 0.1) is 13.5 Å². The summed E-state index contributed by atoms with van der Waals surface area (Å²) in [5, 5.41) is 0. The normalized spacial score (nSPS) is 9.60. The molecule has 0 saturated heterocycles. The van der Waals surface area contributed by atoms with E-state index >= 15 is 0 Å². The third-order valence-corrected chi connectivity index (χ3v) is 2.24. The quantitative estimate of drug-likeness (QED) is 0.643. The summed E-state index contributed by atoms with van der Waals surface area (Å²) in [4.78, 5) is 25.8. The summed E-state index contributed by atoms with van der Waals surface area (Å²) in [5.41, 5.74) is 0. The third-order valence-electron chi connectivity index (χ3n) is 2.24. The Morgan fingerprint density at radius 3 is 2.13 bits per heavy atom. The monoisotopic (exact) mass is 216 g/mol. The van der Waals surface area contributed by atoms with Crippen molar-refractivity contribution in [3.05, 3.63) is 0 Å². The summed E-state index contributed by atoms with van der Waals surface area (Å²) in [7, 11) is 3.03. The van der Waals surface area contributed by atoms with Crippen LogP contribution in [0.2, 0.25) is 0 Å². The number of esters is 1. The molecule has 0 aliphatic rings. The van der Waals surface area contributed by atoms with Crippen molar-refractivity contribution in [3.63, 3.8) is 0 Å². The summed E-state index contributed by atoms with van der Waals surface area (Å²) >= 11 is 0. The van der Waals surface area contributed by atoms with Crippen LogP contribution in [0.5, 0.6) is 0 Å². The molecule has 88 valence electrons. The average Bonchev–Trinajstić information content (AvgIpc) is 2.26. The minimum Gasteiger partial charge on any atom is -0.469 e. The van der Waals surface area contributed by atoms with Gasteiger partial charge < -0.3 is 14.5 Å². The number of carbonyl (C=O) groups excluding carboxylic acids is 2. The fourth-order valence-electron chi connectivity index (χ4n) is 1.19. The summed E-state index contributed by atoms with van der Waals surface area (Å²) in [6, 6.07) is -0.0519. The van der Waals surface area contributed by atoms with Crippen LogP contribution in [-0.2, 0) is 9.53 Å². The minimum atomic E-state index is -0.297. The third kappa shape index (κ3) is 4.67. The lowest BCUT2D eigenvalue weighted by Crippen LogP contribution is -2.41. The number of methoxy groups -OCH3 is 1. The fraction of sp³-hybridized carbons (Fsp3) is 0.800. The summed E-state index contributed by atoms with van der Waals surface area (Å²) < 4.78 is 4.50. The first kappa shape index (κ1) is 13.7. The van der Waals surface area contributed by atoms with Crippen molar-refractivity contribution in [3.8, 4) is 0 Å². The van der Waals surface area contributed by atoms with Crippen LogP contribution in [0, 0.1) is 0 Å². The van der Waals surface area contributed by atoms with E-state index in [1.807, 2.05) is 13.8 Å². The van der Waals surface area contributed by atoms with Gasteiger partial charge in [0, 0.05) is 26.7 Å². The number of hydrogen-bond acceptors (Lipinski definition) is 3. The Labute approximate surface area is 91.0 Å². The molecule has 2 amide bonds. The van der Waals surface area contributed by atoms with Crippen LogP contribution >= 0.6 is 0 Å². The Morgan fingerprint density at radius 1 is 1.20 bits per heavy atom. The number of urea groups is 1. The van der Waals surface area contributed by atoms with Crippen molar-refractivity contribution >= 4 is 12.0 Å². The molecular weight excluding hydrogens is 196 g/mol. The smallest absolute Gasteiger partial charge is 0.319 e. The largest absolute Gasteiger partial charge is 0.469 e. The highest BCUT2D eigenvalue weighted by Gasteiger charge is 2.15. The average molecular weight is 216 g/mol. The lowest BCUT2D eigenvalue weighted by molar-refractivity contribution is -0.140. The highest BCUT2D eigenvalue weighted by atomic mass is 16.5. The maximum absolute atomic E-state index is 11.7. The van der Waals surface area contributed by atoms with Gasteiger partial charge in [-0.1, -0.05) is 0 Å². The molecule has 0 heterocycles. The highest BCUT2D eigenvalue weighted by Crippen LogP contribution is 1.98. The van der Waals surface area contributed by atoms with Crippen LogP contribution in [-0.4, -0.2) is 55.6 Å². The number of carbonyl (C=O) groups is 2. The van der Waals surface area contributed by atoms with E-state index in [4.69, 9.17) is 0 Å². The molecule has 0 N–H and O–H groups in total. The molecule has 0 unspecified atom stereocenters. The molecule has 0 atom stereocenters. The fourth-order valence-corrected chi connectivity index (χ4v) is 1.19. The van der Waals surface area contributed by atoms with E-state index in [1.54, 1.807) is 11.9 Å². The van der Waals surface area contributed by atoms with Crippen LogP contribution < -0.4 is 0 Å². The number of amides is 2. The molecule has 0 rings (SSSR count). The van der Waals surface area contributed by atoms with Crippen molar-refractivity contribution in [1.29, 1.82) is 0 Å². The van der Waals surface area contributed by atoms with Crippen LogP contribution in [0.25, 0.3) is 0 Å². The van der Waals surface area contributed by atoms with Crippen LogP contribution in [0.4, 0.5) is 4.79 Å². The molecule has 0 aromatic heterocycles. The zero-order valence-corrected chi connectivity index (χ0v) is 9.95.